The molecule has 0 radical (unpaired) electrons. The number of nitrogens with zero attached hydrogens (tertiary/aromatic N) is 4. The lowest BCUT2D eigenvalue weighted by atomic mass is 10.1. The molecule has 1 fully saturated rings. The normalized spacial score (nSPS) is 17.1. The summed E-state index contributed by atoms with van der Waals surface area (Å²) in [6, 6.07) is 15.0. The van der Waals surface area contributed by atoms with Gasteiger partial charge < -0.3 is 4.74 Å². The summed E-state index contributed by atoms with van der Waals surface area (Å²) in [7, 11) is -0.501. The van der Waals surface area contributed by atoms with Crippen LogP contribution in [0.4, 0.5) is 0 Å². The van der Waals surface area contributed by atoms with E-state index in [9.17, 15) is 8.42 Å². The van der Waals surface area contributed by atoms with E-state index in [2.05, 4.69) is 16.3 Å². The molecule has 9 heteroatoms. The molecule has 4 rings (SSSR count). The van der Waals surface area contributed by atoms with E-state index in [-0.39, 0.29) is 11.0 Å². The Balaban J connectivity index is 1.75. The van der Waals surface area contributed by atoms with Gasteiger partial charge in [-0.1, -0.05) is 36.0 Å². The van der Waals surface area contributed by atoms with Crippen LogP contribution in [0.2, 0.25) is 0 Å². The summed E-state index contributed by atoms with van der Waals surface area (Å²) >= 11 is 1.62. The second-order valence-electron chi connectivity index (χ2n) is 8.10. The minimum atomic E-state index is -3.56. The molecular formula is C23H28N4O3S2. The Morgan fingerprint density at radius 1 is 1.12 bits per heavy atom. The van der Waals surface area contributed by atoms with Crippen molar-refractivity contribution >= 4 is 21.8 Å². The van der Waals surface area contributed by atoms with Crippen molar-refractivity contribution in [2.45, 2.75) is 42.3 Å². The molecule has 0 N–H and O–H groups in total. The number of sulfonamides is 1. The highest BCUT2D eigenvalue weighted by atomic mass is 32.2. The molecule has 2 heterocycles. The highest BCUT2D eigenvalue weighted by Gasteiger charge is 2.22. The number of ether oxygens (including phenoxy) is 1. The fraction of sp³-hybridized carbons (Fsp3) is 0.391. The highest BCUT2D eigenvalue weighted by Crippen LogP contribution is 2.31. The average Bonchev–Trinajstić information content (AvgIpc) is 3.22. The van der Waals surface area contributed by atoms with Crippen LogP contribution in [0.25, 0.3) is 17.1 Å². The molecule has 170 valence electrons. The third-order valence-corrected chi connectivity index (χ3v) is 8.31. The predicted octanol–water partition coefficient (Wildman–Crippen LogP) is 4.15. The monoisotopic (exact) mass is 472 g/mol. The standard InChI is InChI=1S/C23H28N4O3S2/c1-17-8-6-10-19(14-17)27-22(18-9-7-12-21(15-18)32(28,29)26(2)3)24-25-23(27)31-16-20-11-4-5-13-30-20/h6-10,12,14-15,20H,4-5,11,13,16H2,1-3H3/t20-/m1/s1. The van der Waals surface area contributed by atoms with Crippen molar-refractivity contribution < 1.29 is 13.2 Å². The van der Waals surface area contributed by atoms with Gasteiger partial charge in [0.2, 0.25) is 10.0 Å². The van der Waals surface area contributed by atoms with Crippen LogP contribution >= 0.6 is 11.8 Å². The summed E-state index contributed by atoms with van der Waals surface area (Å²) in [5.41, 5.74) is 2.76. The minimum Gasteiger partial charge on any atom is -0.377 e. The fourth-order valence-corrected chi connectivity index (χ4v) is 5.63. The number of hydrogen-bond donors (Lipinski definition) is 0. The van der Waals surface area contributed by atoms with E-state index in [4.69, 9.17) is 4.74 Å². The van der Waals surface area contributed by atoms with Gasteiger partial charge in [-0.2, -0.15) is 0 Å². The fourth-order valence-electron chi connectivity index (χ4n) is 3.66. The van der Waals surface area contributed by atoms with Crippen LogP contribution in [-0.2, 0) is 14.8 Å². The van der Waals surface area contributed by atoms with Crippen molar-refractivity contribution in [3.63, 3.8) is 0 Å². The summed E-state index contributed by atoms with van der Waals surface area (Å²) in [5, 5.41) is 9.70. The van der Waals surface area contributed by atoms with Gasteiger partial charge in [0.1, 0.15) is 0 Å². The number of benzene rings is 2. The van der Waals surface area contributed by atoms with E-state index in [0.717, 1.165) is 41.6 Å². The largest absolute Gasteiger partial charge is 0.377 e. The van der Waals surface area contributed by atoms with Crippen LogP contribution in [0.15, 0.2) is 58.6 Å². The number of aromatic nitrogens is 3. The van der Waals surface area contributed by atoms with Crippen LogP contribution in [0.3, 0.4) is 0 Å². The smallest absolute Gasteiger partial charge is 0.242 e. The average molecular weight is 473 g/mol. The van der Waals surface area contributed by atoms with Gasteiger partial charge >= 0.3 is 0 Å². The molecule has 0 amide bonds. The first-order chi connectivity index (χ1) is 15.4. The highest BCUT2D eigenvalue weighted by molar-refractivity contribution is 7.99. The van der Waals surface area contributed by atoms with E-state index in [1.165, 1.54) is 24.8 Å². The zero-order chi connectivity index (χ0) is 22.7. The number of hydrogen-bond acceptors (Lipinski definition) is 6. The first-order valence-corrected chi connectivity index (χ1v) is 13.1. The molecule has 32 heavy (non-hydrogen) atoms. The molecule has 0 spiro atoms. The maximum atomic E-state index is 12.7. The summed E-state index contributed by atoms with van der Waals surface area (Å²) in [5.74, 6) is 1.41. The second-order valence-corrected chi connectivity index (χ2v) is 11.2. The van der Waals surface area contributed by atoms with Gasteiger partial charge in [-0.05, 0) is 56.0 Å². The van der Waals surface area contributed by atoms with Gasteiger partial charge in [0.05, 0.1) is 11.0 Å². The van der Waals surface area contributed by atoms with Crippen LogP contribution in [0.5, 0.6) is 0 Å². The molecule has 7 nitrogen and oxygen atoms in total. The molecule has 2 aromatic carbocycles. The Kier molecular flexibility index (Phi) is 6.99. The molecule has 1 saturated heterocycles. The van der Waals surface area contributed by atoms with Crippen molar-refractivity contribution in [3.05, 3.63) is 54.1 Å². The molecule has 1 aromatic heterocycles. The molecule has 1 atom stereocenters. The van der Waals surface area contributed by atoms with Crippen LogP contribution in [0.1, 0.15) is 24.8 Å². The van der Waals surface area contributed by atoms with Crippen molar-refractivity contribution in [2.75, 3.05) is 26.5 Å². The first-order valence-electron chi connectivity index (χ1n) is 10.7. The Morgan fingerprint density at radius 2 is 1.94 bits per heavy atom. The Morgan fingerprint density at radius 3 is 2.66 bits per heavy atom. The maximum Gasteiger partial charge on any atom is 0.242 e. The van der Waals surface area contributed by atoms with E-state index in [1.807, 2.05) is 35.8 Å². The van der Waals surface area contributed by atoms with Gasteiger partial charge in [-0.15, -0.1) is 10.2 Å². The van der Waals surface area contributed by atoms with Crippen LogP contribution in [-0.4, -0.2) is 60.0 Å². The molecular weight excluding hydrogens is 444 g/mol. The van der Waals surface area contributed by atoms with Gasteiger partial charge in [0.25, 0.3) is 0 Å². The van der Waals surface area contributed by atoms with Crippen molar-refractivity contribution in [1.82, 2.24) is 19.1 Å². The lowest BCUT2D eigenvalue weighted by molar-refractivity contribution is 0.0315. The van der Waals surface area contributed by atoms with Crippen molar-refractivity contribution in [2.24, 2.45) is 0 Å². The number of rotatable bonds is 7. The van der Waals surface area contributed by atoms with Crippen molar-refractivity contribution in [3.8, 4) is 17.1 Å². The number of aryl methyl sites for hydroxylation is 1. The van der Waals surface area contributed by atoms with Gasteiger partial charge in [0.15, 0.2) is 11.0 Å². The Hall–Kier alpha value is -2.20. The molecule has 0 unspecified atom stereocenters. The van der Waals surface area contributed by atoms with E-state index >= 15 is 0 Å². The molecule has 1 aliphatic rings. The van der Waals surface area contributed by atoms with E-state index < -0.39 is 10.0 Å². The predicted molar refractivity (Wildman–Crippen MR) is 127 cm³/mol. The quantitative estimate of drug-likeness (QED) is 0.481. The molecule has 0 bridgehead atoms. The first kappa shape index (κ1) is 23.0. The lowest BCUT2D eigenvalue weighted by Gasteiger charge is -2.22. The van der Waals surface area contributed by atoms with Gasteiger partial charge in [-0.3, -0.25) is 4.57 Å². The van der Waals surface area contributed by atoms with Crippen LogP contribution < -0.4 is 0 Å². The van der Waals surface area contributed by atoms with Gasteiger partial charge in [-0.25, -0.2) is 12.7 Å². The zero-order valence-electron chi connectivity index (χ0n) is 18.6. The second kappa shape index (κ2) is 9.74. The molecule has 0 aliphatic carbocycles. The summed E-state index contributed by atoms with van der Waals surface area (Å²) < 4.78 is 34.4. The topological polar surface area (TPSA) is 77.3 Å². The zero-order valence-corrected chi connectivity index (χ0v) is 20.2. The summed E-state index contributed by atoms with van der Waals surface area (Å²) in [4.78, 5) is 0.226. The third kappa shape index (κ3) is 4.91. The Bertz CT molecular complexity index is 1190. The SMILES string of the molecule is Cc1cccc(-n2c(SC[C@H]3CCCCO3)nnc2-c2cccc(S(=O)(=O)N(C)C)c2)c1. The maximum absolute atomic E-state index is 12.7. The van der Waals surface area contributed by atoms with E-state index in [0.29, 0.717) is 11.4 Å². The Labute approximate surface area is 193 Å². The van der Waals surface area contributed by atoms with E-state index in [1.54, 1.807) is 30.0 Å². The van der Waals surface area contributed by atoms with Crippen molar-refractivity contribution in [1.29, 1.82) is 0 Å². The minimum absolute atomic E-state index is 0.216. The molecule has 0 saturated carbocycles. The number of thioether (sulfide) groups is 1. The molecule has 3 aromatic rings. The molecule has 1 aliphatic heterocycles. The summed E-state index contributed by atoms with van der Waals surface area (Å²) in [6.45, 7) is 2.86. The summed E-state index contributed by atoms with van der Waals surface area (Å²) in [6.07, 6.45) is 3.59. The third-order valence-electron chi connectivity index (χ3n) is 5.44. The van der Waals surface area contributed by atoms with Gasteiger partial charge in [0, 0.05) is 37.7 Å². The van der Waals surface area contributed by atoms with Crippen LogP contribution in [0, 0.1) is 6.92 Å². The lowest BCUT2D eigenvalue weighted by Crippen LogP contribution is -2.22.